The Morgan fingerprint density at radius 3 is 1.29 bits per heavy atom. The summed E-state index contributed by atoms with van der Waals surface area (Å²) >= 11 is 0. The topological polar surface area (TPSA) is 52.6 Å². The lowest BCUT2D eigenvalue weighted by Gasteiger charge is -2.14. The molecule has 0 aromatic carbocycles. The van der Waals surface area contributed by atoms with Crippen LogP contribution in [0.2, 0.25) is 0 Å². The van der Waals surface area contributed by atoms with Gasteiger partial charge in [-0.15, -0.1) is 0 Å². The van der Waals surface area contributed by atoms with Gasteiger partial charge in [0.1, 0.15) is 11.5 Å². The van der Waals surface area contributed by atoms with Crippen molar-refractivity contribution in [2.24, 2.45) is 0 Å². The molecular formula is C10H12O4. The van der Waals surface area contributed by atoms with Crippen LogP contribution in [0.25, 0.3) is 0 Å². The van der Waals surface area contributed by atoms with Crippen molar-refractivity contribution < 1.29 is 19.1 Å². The van der Waals surface area contributed by atoms with E-state index in [9.17, 15) is 9.59 Å². The third-order valence-electron chi connectivity index (χ3n) is 2.16. The minimum Gasteiger partial charge on any atom is -0.424 e. The predicted molar refractivity (Wildman–Crippen MR) is 48.9 cm³/mol. The van der Waals surface area contributed by atoms with Gasteiger partial charge in [-0.25, -0.2) is 9.59 Å². The van der Waals surface area contributed by atoms with Gasteiger partial charge in [0.2, 0.25) is 0 Å². The number of rotatable bonds is 0. The average molecular weight is 196 g/mol. The normalized spacial score (nSPS) is 29.1. The zero-order valence-corrected chi connectivity index (χ0v) is 8.63. The van der Waals surface area contributed by atoms with E-state index in [4.69, 9.17) is 9.47 Å². The highest BCUT2D eigenvalue weighted by molar-refractivity contribution is 6.00. The lowest BCUT2D eigenvalue weighted by atomic mass is 10.1. The zero-order valence-electron chi connectivity index (χ0n) is 8.63. The molecule has 4 nitrogen and oxygen atoms in total. The summed E-state index contributed by atoms with van der Waals surface area (Å²) in [6.07, 6.45) is 0. The lowest BCUT2D eigenvalue weighted by molar-refractivity contribution is -0.141. The number of cyclic esters (lactones) is 2. The van der Waals surface area contributed by atoms with Crippen molar-refractivity contribution in [2.75, 3.05) is 0 Å². The number of allylic oxidation sites excluding steroid dienone is 2. The van der Waals surface area contributed by atoms with Crippen LogP contribution < -0.4 is 0 Å². The maximum atomic E-state index is 11.4. The predicted octanol–water partition coefficient (Wildman–Crippen LogP) is 1.67. The van der Waals surface area contributed by atoms with Crippen LogP contribution in [0.3, 0.4) is 0 Å². The summed E-state index contributed by atoms with van der Waals surface area (Å²) in [5, 5.41) is 0. The van der Waals surface area contributed by atoms with Crippen molar-refractivity contribution in [1.29, 1.82) is 0 Å². The molecule has 1 rings (SSSR count). The molecule has 0 aromatic rings. The van der Waals surface area contributed by atoms with Gasteiger partial charge in [-0.1, -0.05) is 0 Å². The van der Waals surface area contributed by atoms with Crippen LogP contribution >= 0.6 is 0 Å². The molecule has 0 fully saturated rings. The maximum Gasteiger partial charge on any atom is 0.339 e. The number of hydrogen-bond donors (Lipinski definition) is 0. The molecule has 0 saturated heterocycles. The van der Waals surface area contributed by atoms with E-state index in [0.717, 1.165) is 0 Å². The Morgan fingerprint density at radius 2 is 1.00 bits per heavy atom. The van der Waals surface area contributed by atoms with E-state index >= 15 is 0 Å². The van der Waals surface area contributed by atoms with Gasteiger partial charge in [0.15, 0.2) is 0 Å². The zero-order chi connectivity index (χ0) is 10.9. The van der Waals surface area contributed by atoms with E-state index in [2.05, 4.69) is 0 Å². The van der Waals surface area contributed by atoms with Crippen LogP contribution in [0.4, 0.5) is 0 Å². The molecule has 0 saturated carbocycles. The number of esters is 2. The van der Waals surface area contributed by atoms with E-state index in [-0.39, 0.29) is 11.1 Å². The molecule has 4 heteroatoms. The molecule has 0 aromatic heterocycles. The molecule has 0 radical (unpaired) electrons. The first-order valence-corrected chi connectivity index (χ1v) is 4.22. The van der Waals surface area contributed by atoms with E-state index < -0.39 is 11.9 Å². The van der Waals surface area contributed by atoms with Crippen molar-refractivity contribution in [3.63, 3.8) is 0 Å². The Bertz CT molecular complexity index is 326. The Balaban J connectivity index is 3.15. The van der Waals surface area contributed by atoms with Gasteiger partial charge >= 0.3 is 11.9 Å². The van der Waals surface area contributed by atoms with Gasteiger partial charge in [-0.2, -0.15) is 0 Å². The quantitative estimate of drug-likeness (QED) is 0.553. The second-order valence-electron chi connectivity index (χ2n) is 3.14. The molecule has 0 unspecified atom stereocenters. The van der Waals surface area contributed by atoms with E-state index in [1.807, 2.05) is 0 Å². The molecule has 0 bridgehead atoms. The largest absolute Gasteiger partial charge is 0.424 e. The van der Waals surface area contributed by atoms with Crippen LogP contribution in [-0.4, -0.2) is 11.9 Å². The van der Waals surface area contributed by atoms with Gasteiger partial charge in [0, 0.05) is 11.1 Å². The van der Waals surface area contributed by atoms with Crippen molar-refractivity contribution >= 4 is 11.9 Å². The molecule has 1 heterocycles. The second kappa shape index (κ2) is 3.65. The smallest absolute Gasteiger partial charge is 0.339 e. The third kappa shape index (κ3) is 1.84. The summed E-state index contributed by atoms with van der Waals surface area (Å²) in [5.74, 6) is -0.377. The SMILES string of the molecule is C/C1=C(\C)OC(=O)/C(C)=C(/C)C(=O)O1. The molecule has 0 aliphatic carbocycles. The molecule has 14 heavy (non-hydrogen) atoms. The summed E-state index contributed by atoms with van der Waals surface area (Å²) in [5.41, 5.74) is 0.559. The monoisotopic (exact) mass is 196 g/mol. The summed E-state index contributed by atoms with van der Waals surface area (Å²) in [7, 11) is 0. The molecule has 76 valence electrons. The highest BCUT2D eigenvalue weighted by Gasteiger charge is 2.21. The van der Waals surface area contributed by atoms with Gasteiger partial charge < -0.3 is 9.47 Å². The van der Waals surface area contributed by atoms with Gasteiger partial charge in [-0.3, -0.25) is 0 Å². The molecule has 1 aliphatic heterocycles. The Hall–Kier alpha value is -1.58. The summed E-state index contributed by atoms with van der Waals surface area (Å²) in [6, 6.07) is 0. The van der Waals surface area contributed by atoms with E-state index in [0.29, 0.717) is 11.5 Å². The Kier molecular flexibility index (Phi) is 2.74. The first-order valence-electron chi connectivity index (χ1n) is 4.22. The fourth-order valence-electron chi connectivity index (χ4n) is 0.881. The molecule has 0 N–H and O–H groups in total. The minimum atomic E-state index is -0.504. The van der Waals surface area contributed by atoms with Gasteiger partial charge in [0.05, 0.1) is 0 Å². The van der Waals surface area contributed by atoms with Crippen LogP contribution in [0, 0.1) is 0 Å². The second-order valence-corrected chi connectivity index (χ2v) is 3.14. The van der Waals surface area contributed by atoms with Crippen molar-refractivity contribution in [2.45, 2.75) is 27.7 Å². The lowest BCUT2D eigenvalue weighted by Crippen LogP contribution is -2.17. The van der Waals surface area contributed by atoms with Crippen molar-refractivity contribution in [3.05, 3.63) is 22.7 Å². The van der Waals surface area contributed by atoms with Crippen LogP contribution in [0.5, 0.6) is 0 Å². The number of ether oxygens (including phenoxy) is 2. The number of carbonyl (C=O) groups excluding carboxylic acids is 2. The molecule has 0 amide bonds. The third-order valence-corrected chi connectivity index (χ3v) is 2.16. The fourth-order valence-corrected chi connectivity index (χ4v) is 0.881. The van der Waals surface area contributed by atoms with E-state index in [1.54, 1.807) is 13.8 Å². The summed E-state index contributed by atoms with van der Waals surface area (Å²) in [6.45, 7) is 6.22. The molecule has 0 atom stereocenters. The Morgan fingerprint density at radius 1 is 0.714 bits per heavy atom. The van der Waals surface area contributed by atoms with Crippen molar-refractivity contribution in [1.82, 2.24) is 0 Å². The summed E-state index contributed by atoms with van der Waals surface area (Å²) < 4.78 is 9.88. The summed E-state index contributed by atoms with van der Waals surface area (Å²) in [4.78, 5) is 22.7. The van der Waals surface area contributed by atoms with Crippen LogP contribution in [-0.2, 0) is 19.1 Å². The molecule has 1 aliphatic rings. The number of carbonyl (C=O) groups is 2. The van der Waals surface area contributed by atoms with Crippen LogP contribution in [0.1, 0.15) is 27.7 Å². The van der Waals surface area contributed by atoms with E-state index in [1.165, 1.54) is 13.8 Å². The highest BCUT2D eigenvalue weighted by atomic mass is 16.6. The standard InChI is InChI=1S/C10H12O4/c1-5-6(2)10(12)14-8(4)7(3)13-9(5)11/h1-4H3/b6-5-,8-7-. The molecule has 0 spiro atoms. The first kappa shape index (κ1) is 10.5. The fraction of sp³-hybridized carbons (Fsp3) is 0.400. The maximum absolute atomic E-state index is 11.4. The van der Waals surface area contributed by atoms with Crippen molar-refractivity contribution in [3.8, 4) is 0 Å². The Labute approximate surface area is 82.2 Å². The molecular weight excluding hydrogens is 184 g/mol. The van der Waals surface area contributed by atoms with Gasteiger partial charge in [-0.05, 0) is 27.7 Å². The highest BCUT2D eigenvalue weighted by Crippen LogP contribution is 2.18. The van der Waals surface area contributed by atoms with Crippen LogP contribution in [0.15, 0.2) is 22.7 Å². The average Bonchev–Trinajstić information content (AvgIpc) is 2.13. The first-order chi connectivity index (χ1) is 6.43. The number of hydrogen-bond acceptors (Lipinski definition) is 4. The van der Waals surface area contributed by atoms with Gasteiger partial charge in [0.25, 0.3) is 0 Å². The minimum absolute atomic E-state index is 0.279.